The van der Waals surface area contributed by atoms with Crippen LogP contribution in [0.5, 0.6) is 0 Å². The Labute approximate surface area is 111 Å². The molecule has 2 N–H and O–H groups in total. The number of piperidine rings is 1. The van der Waals surface area contributed by atoms with Crippen molar-refractivity contribution >= 4 is 12.4 Å². The number of nitrogens with two attached hydrogens (primary N) is 1. The molecule has 1 saturated heterocycles. The summed E-state index contributed by atoms with van der Waals surface area (Å²) in [5, 5.41) is 0. The molecule has 0 aromatic heterocycles. The van der Waals surface area contributed by atoms with Crippen molar-refractivity contribution < 1.29 is 0 Å². The van der Waals surface area contributed by atoms with E-state index in [4.69, 9.17) is 5.73 Å². The van der Waals surface area contributed by atoms with Crippen LogP contribution < -0.4 is 5.73 Å². The van der Waals surface area contributed by atoms with Crippen molar-refractivity contribution in [1.82, 2.24) is 4.90 Å². The summed E-state index contributed by atoms with van der Waals surface area (Å²) >= 11 is 0. The Balaban J connectivity index is 0.00000144. The highest BCUT2D eigenvalue weighted by atomic mass is 35.5. The van der Waals surface area contributed by atoms with Gasteiger partial charge in [-0.3, -0.25) is 4.90 Å². The first-order chi connectivity index (χ1) is 7.55. The average Bonchev–Trinajstić information content (AvgIpc) is 2.15. The van der Waals surface area contributed by atoms with Gasteiger partial charge in [-0.2, -0.15) is 0 Å². The highest BCUT2D eigenvalue weighted by Crippen LogP contribution is 2.28. The molecule has 2 nitrogen and oxygen atoms in total. The molecular weight excluding hydrogens is 232 g/mol. The van der Waals surface area contributed by atoms with E-state index in [1.165, 1.54) is 5.56 Å². The summed E-state index contributed by atoms with van der Waals surface area (Å²) in [4.78, 5) is 2.48. The second-order valence-electron chi connectivity index (χ2n) is 5.78. The molecule has 3 heteroatoms. The van der Waals surface area contributed by atoms with Crippen molar-refractivity contribution in [2.24, 2.45) is 11.1 Å². The summed E-state index contributed by atoms with van der Waals surface area (Å²) in [5.41, 5.74) is 7.85. The lowest BCUT2D eigenvalue weighted by Crippen LogP contribution is -2.49. The molecule has 1 heterocycles. The van der Waals surface area contributed by atoms with Crippen LogP contribution in [-0.4, -0.2) is 24.0 Å². The van der Waals surface area contributed by atoms with Crippen LogP contribution in [-0.2, 0) is 6.54 Å². The number of nitrogens with zero attached hydrogens (tertiary/aromatic N) is 1. The number of benzene rings is 1. The largest absolute Gasteiger partial charge is 0.327 e. The highest BCUT2D eigenvalue weighted by Gasteiger charge is 2.30. The SMILES string of the molecule is CC1(C)C[C@H](N)CN(Cc2ccccc2)C1.Cl. The van der Waals surface area contributed by atoms with Gasteiger partial charge in [0.1, 0.15) is 0 Å². The summed E-state index contributed by atoms with van der Waals surface area (Å²) < 4.78 is 0. The zero-order valence-electron chi connectivity index (χ0n) is 10.7. The first-order valence-corrected chi connectivity index (χ1v) is 6.07. The first kappa shape index (κ1) is 14.5. The molecule has 0 spiro atoms. The lowest BCUT2D eigenvalue weighted by molar-refractivity contribution is 0.0960. The molecule has 2 rings (SSSR count). The minimum absolute atomic E-state index is 0. The molecule has 1 aromatic rings. The van der Waals surface area contributed by atoms with Gasteiger partial charge in [-0.15, -0.1) is 12.4 Å². The van der Waals surface area contributed by atoms with E-state index >= 15 is 0 Å². The number of hydrogen-bond donors (Lipinski definition) is 1. The molecule has 1 aliphatic heterocycles. The second-order valence-corrected chi connectivity index (χ2v) is 5.78. The molecule has 0 saturated carbocycles. The molecule has 1 fully saturated rings. The molecule has 1 atom stereocenters. The monoisotopic (exact) mass is 254 g/mol. The van der Waals surface area contributed by atoms with Crippen LogP contribution in [0, 0.1) is 5.41 Å². The van der Waals surface area contributed by atoms with Gasteiger partial charge in [0.05, 0.1) is 0 Å². The Morgan fingerprint density at radius 1 is 1.29 bits per heavy atom. The Bertz CT molecular complexity index is 337. The molecule has 96 valence electrons. The van der Waals surface area contributed by atoms with Gasteiger partial charge in [0.2, 0.25) is 0 Å². The number of halogens is 1. The molecule has 1 aliphatic rings. The van der Waals surface area contributed by atoms with E-state index in [1.54, 1.807) is 0 Å². The predicted molar refractivity (Wildman–Crippen MR) is 75.3 cm³/mol. The third-order valence-electron chi connectivity index (χ3n) is 3.21. The summed E-state index contributed by atoms with van der Waals surface area (Å²) in [6.07, 6.45) is 1.14. The minimum Gasteiger partial charge on any atom is -0.327 e. The lowest BCUT2D eigenvalue weighted by Gasteiger charge is -2.41. The maximum atomic E-state index is 6.11. The fourth-order valence-corrected chi connectivity index (χ4v) is 2.80. The van der Waals surface area contributed by atoms with E-state index in [0.29, 0.717) is 11.5 Å². The topological polar surface area (TPSA) is 29.3 Å². The van der Waals surface area contributed by atoms with Crippen LogP contribution in [0.2, 0.25) is 0 Å². The van der Waals surface area contributed by atoms with Crippen molar-refractivity contribution in [2.75, 3.05) is 13.1 Å². The van der Waals surface area contributed by atoms with E-state index in [2.05, 4.69) is 49.1 Å². The zero-order valence-corrected chi connectivity index (χ0v) is 11.5. The summed E-state index contributed by atoms with van der Waals surface area (Å²) in [7, 11) is 0. The summed E-state index contributed by atoms with van der Waals surface area (Å²) in [6, 6.07) is 11.0. The molecular formula is C14H23ClN2. The van der Waals surface area contributed by atoms with Crippen molar-refractivity contribution in [2.45, 2.75) is 32.9 Å². The third-order valence-corrected chi connectivity index (χ3v) is 3.21. The van der Waals surface area contributed by atoms with Crippen molar-refractivity contribution in [1.29, 1.82) is 0 Å². The number of likely N-dealkylation sites (tertiary alicyclic amines) is 1. The fraction of sp³-hybridized carbons (Fsp3) is 0.571. The van der Waals surface area contributed by atoms with Gasteiger partial charge in [0.15, 0.2) is 0 Å². The Morgan fingerprint density at radius 2 is 1.94 bits per heavy atom. The molecule has 0 radical (unpaired) electrons. The van der Waals surface area contributed by atoms with Crippen molar-refractivity contribution in [3.8, 4) is 0 Å². The zero-order chi connectivity index (χ0) is 11.6. The smallest absolute Gasteiger partial charge is 0.0234 e. The molecule has 0 amide bonds. The summed E-state index contributed by atoms with van der Waals surface area (Å²) in [6.45, 7) is 7.82. The van der Waals surface area contributed by atoms with E-state index in [1.807, 2.05) is 0 Å². The fourth-order valence-electron chi connectivity index (χ4n) is 2.80. The maximum Gasteiger partial charge on any atom is 0.0234 e. The highest BCUT2D eigenvalue weighted by molar-refractivity contribution is 5.85. The van der Waals surface area contributed by atoms with Crippen molar-refractivity contribution in [3.05, 3.63) is 35.9 Å². The third kappa shape index (κ3) is 4.30. The predicted octanol–water partition coefficient (Wildman–Crippen LogP) is 2.67. The van der Waals surface area contributed by atoms with Crippen LogP contribution in [0.4, 0.5) is 0 Å². The molecule has 0 aliphatic carbocycles. The normalized spacial score (nSPS) is 24.1. The lowest BCUT2D eigenvalue weighted by atomic mass is 9.82. The van der Waals surface area contributed by atoms with Gasteiger partial charge in [-0.25, -0.2) is 0 Å². The van der Waals surface area contributed by atoms with Crippen LogP contribution in [0.1, 0.15) is 25.8 Å². The van der Waals surface area contributed by atoms with E-state index in [9.17, 15) is 0 Å². The molecule has 17 heavy (non-hydrogen) atoms. The molecule has 0 bridgehead atoms. The number of hydrogen-bond acceptors (Lipinski definition) is 2. The first-order valence-electron chi connectivity index (χ1n) is 6.07. The standard InChI is InChI=1S/C14H22N2.ClH/c1-14(2)8-13(15)10-16(11-14)9-12-6-4-3-5-7-12;/h3-7,13H,8-11,15H2,1-2H3;1H/t13-;/m0./s1. The Kier molecular flexibility index (Phi) is 4.99. The van der Waals surface area contributed by atoms with Gasteiger partial charge < -0.3 is 5.73 Å². The Morgan fingerprint density at radius 3 is 2.53 bits per heavy atom. The second kappa shape index (κ2) is 5.85. The van der Waals surface area contributed by atoms with Crippen molar-refractivity contribution in [3.63, 3.8) is 0 Å². The number of rotatable bonds is 2. The maximum absolute atomic E-state index is 6.11. The van der Waals surface area contributed by atoms with Gasteiger partial charge >= 0.3 is 0 Å². The van der Waals surface area contributed by atoms with Gasteiger partial charge in [0, 0.05) is 25.7 Å². The van der Waals surface area contributed by atoms with Crippen LogP contribution in [0.25, 0.3) is 0 Å². The van der Waals surface area contributed by atoms with Crippen LogP contribution in [0.3, 0.4) is 0 Å². The molecule has 0 unspecified atom stereocenters. The molecule has 1 aromatic carbocycles. The van der Waals surface area contributed by atoms with Crippen LogP contribution in [0.15, 0.2) is 30.3 Å². The van der Waals surface area contributed by atoms with E-state index < -0.39 is 0 Å². The Hall–Kier alpha value is -0.570. The van der Waals surface area contributed by atoms with Gasteiger partial charge in [-0.1, -0.05) is 44.2 Å². The van der Waals surface area contributed by atoms with E-state index in [0.717, 1.165) is 26.1 Å². The van der Waals surface area contributed by atoms with Crippen LogP contribution >= 0.6 is 12.4 Å². The van der Waals surface area contributed by atoms with E-state index in [-0.39, 0.29) is 12.4 Å². The van der Waals surface area contributed by atoms with Gasteiger partial charge in [-0.05, 0) is 17.4 Å². The quantitative estimate of drug-likeness (QED) is 0.879. The van der Waals surface area contributed by atoms with Gasteiger partial charge in [0.25, 0.3) is 0 Å². The average molecular weight is 255 g/mol. The summed E-state index contributed by atoms with van der Waals surface area (Å²) in [5.74, 6) is 0. The minimum atomic E-state index is 0.